The summed E-state index contributed by atoms with van der Waals surface area (Å²) in [6.45, 7) is 0. The predicted molar refractivity (Wildman–Crippen MR) is 93.0 cm³/mol. The van der Waals surface area contributed by atoms with Crippen LogP contribution in [-0.4, -0.2) is 15.1 Å². The van der Waals surface area contributed by atoms with Crippen molar-refractivity contribution >= 4 is 34.3 Å². The quantitative estimate of drug-likeness (QED) is 0.504. The molecule has 0 spiro atoms. The molecular formula is C16H10ClN3OS2. The Morgan fingerprint density at radius 1 is 1.04 bits per heavy atom. The van der Waals surface area contributed by atoms with Crippen molar-refractivity contribution in [2.24, 2.45) is 0 Å². The van der Waals surface area contributed by atoms with Gasteiger partial charge in [0.15, 0.2) is 0 Å². The average Bonchev–Trinajstić information content (AvgIpc) is 3.29. The van der Waals surface area contributed by atoms with Crippen molar-refractivity contribution < 1.29 is 4.52 Å². The molecule has 0 aliphatic heterocycles. The van der Waals surface area contributed by atoms with E-state index in [1.807, 2.05) is 35.0 Å². The molecule has 0 aliphatic rings. The lowest BCUT2D eigenvalue weighted by Crippen LogP contribution is -1.88. The van der Waals surface area contributed by atoms with E-state index in [1.165, 1.54) is 0 Å². The van der Waals surface area contributed by atoms with E-state index in [1.54, 1.807) is 28.7 Å². The van der Waals surface area contributed by atoms with E-state index >= 15 is 0 Å². The first-order chi connectivity index (χ1) is 11.3. The Bertz CT molecular complexity index is 930. The van der Waals surface area contributed by atoms with Gasteiger partial charge in [-0.05, 0) is 23.6 Å². The van der Waals surface area contributed by atoms with Gasteiger partial charge in [-0.25, -0.2) is 4.98 Å². The summed E-state index contributed by atoms with van der Waals surface area (Å²) in [7, 11) is 0. The molecule has 3 aromatic heterocycles. The molecule has 23 heavy (non-hydrogen) atoms. The van der Waals surface area contributed by atoms with Gasteiger partial charge in [0.05, 0.1) is 22.0 Å². The maximum absolute atomic E-state index is 6.16. The van der Waals surface area contributed by atoms with Crippen LogP contribution in [-0.2, 0) is 6.42 Å². The van der Waals surface area contributed by atoms with Gasteiger partial charge in [0.25, 0.3) is 0 Å². The molecule has 0 atom stereocenters. The number of hydrogen-bond acceptors (Lipinski definition) is 6. The van der Waals surface area contributed by atoms with Gasteiger partial charge >= 0.3 is 0 Å². The van der Waals surface area contributed by atoms with E-state index in [4.69, 9.17) is 16.1 Å². The number of thiophene rings is 1. The molecule has 0 fully saturated rings. The number of halogens is 1. The van der Waals surface area contributed by atoms with Gasteiger partial charge in [0.1, 0.15) is 5.01 Å². The van der Waals surface area contributed by atoms with E-state index in [9.17, 15) is 0 Å². The number of thiazole rings is 1. The van der Waals surface area contributed by atoms with Gasteiger partial charge in [-0.15, -0.1) is 22.7 Å². The largest absolute Gasteiger partial charge is 0.339 e. The molecule has 3 heterocycles. The van der Waals surface area contributed by atoms with E-state index in [-0.39, 0.29) is 0 Å². The van der Waals surface area contributed by atoms with Crippen molar-refractivity contribution in [3.05, 3.63) is 63.1 Å². The molecule has 0 radical (unpaired) electrons. The fourth-order valence-electron chi connectivity index (χ4n) is 2.14. The molecule has 0 saturated carbocycles. The second-order valence-corrected chi connectivity index (χ2v) is 7.07. The Kier molecular flexibility index (Phi) is 3.95. The number of rotatable bonds is 4. The Hall–Kier alpha value is -2.02. The minimum Gasteiger partial charge on any atom is -0.339 e. The molecule has 0 bridgehead atoms. The average molecular weight is 360 g/mol. The maximum atomic E-state index is 6.16. The van der Waals surface area contributed by atoms with E-state index in [2.05, 4.69) is 21.2 Å². The molecule has 4 aromatic rings. The maximum Gasteiger partial charge on any atom is 0.233 e. The minimum absolute atomic E-state index is 0.501. The molecule has 0 aliphatic carbocycles. The van der Waals surface area contributed by atoms with Gasteiger partial charge in [-0.2, -0.15) is 4.98 Å². The Morgan fingerprint density at radius 2 is 1.96 bits per heavy atom. The Labute approximate surface area is 145 Å². The molecular weight excluding hydrogens is 350 g/mol. The fourth-order valence-corrected chi connectivity index (χ4v) is 3.90. The second kappa shape index (κ2) is 6.23. The summed E-state index contributed by atoms with van der Waals surface area (Å²) in [6.07, 6.45) is 0.521. The van der Waals surface area contributed by atoms with Crippen LogP contribution in [0.25, 0.3) is 22.0 Å². The minimum atomic E-state index is 0.501. The first-order valence-corrected chi connectivity index (χ1v) is 8.99. The summed E-state index contributed by atoms with van der Waals surface area (Å²) in [6, 6.07) is 11.5. The summed E-state index contributed by atoms with van der Waals surface area (Å²) in [5.74, 6) is 1.03. The zero-order valence-corrected chi connectivity index (χ0v) is 14.2. The van der Waals surface area contributed by atoms with Gasteiger partial charge in [-0.3, -0.25) is 0 Å². The van der Waals surface area contributed by atoms with Crippen molar-refractivity contribution in [2.45, 2.75) is 6.42 Å². The molecule has 0 saturated heterocycles. The molecule has 0 N–H and O–H groups in total. The first-order valence-electron chi connectivity index (χ1n) is 6.85. The normalized spacial score (nSPS) is 11.0. The monoisotopic (exact) mass is 359 g/mol. The van der Waals surface area contributed by atoms with Crippen LogP contribution in [0, 0.1) is 0 Å². The highest BCUT2D eigenvalue weighted by Crippen LogP contribution is 2.28. The standard InChI is InChI=1S/C16H10ClN3OS2/c17-11-5-2-1-4-10(11)16-19-14(21-20-16)8-15-18-12(9-23-15)13-6-3-7-22-13/h1-7,9H,8H2. The lowest BCUT2D eigenvalue weighted by atomic mass is 10.2. The highest BCUT2D eigenvalue weighted by molar-refractivity contribution is 7.14. The SMILES string of the molecule is Clc1ccccc1-c1noc(Cc2nc(-c3cccs3)cs2)n1. The molecule has 7 heteroatoms. The van der Waals surface area contributed by atoms with Crippen molar-refractivity contribution in [3.63, 3.8) is 0 Å². The third-order valence-electron chi connectivity index (χ3n) is 3.21. The van der Waals surface area contributed by atoms with Crippen molar-refractivity contribution in [2.75, 3.05) is 0 Å². The number of aromatic nitrogens is 3. The van der Waals surface area contributed by atoms with E-state index in [0.29, 0.717) is 23.2 Å². The first kappa shape index (κ1) is 14.6. The highest BCUT2D eigenvalue weighted by Gasteiger charge is 2.14. The molecule has 4 nitrogen and oxygen atoms in total. The lowest BCUT2D eigenvalue weighted by Gasteiger charge is -1.95. The third kappa shape index (κ3) is 3.06. The van der Waals surface area contributed by atoms with E-state index < -0.39 is 0 Å². The van der Waals surface area contributed by atoms with Crippen molar-refractivity contribution in [1.82, 2.24) is 15.1 Å². The zero-order chi connectivity index (χ0) is 15.6. The van der Waals surface area contributed by atoms with Crippen LogP contribution >= 0.6 is 34.3 Å². The fraction of sp³-hybridized carbons (Fsp3) is 0.0625. The van der Waals surface area contributed by atoms with E-state index in [0.717, 1.165) is 21.1 Å². The topological polar surface area (TPSA) is 51.8 Å². The van der Waals surface area contributed by atoms with Gasteiger partial charge < -0.3 is 4.52 Å². The second-order valence-electron chi connectivity index (χ2n) is 4.77. The van der Waals surface area contributed by atoms with Crippen LogP contribution in [0.15, 0.2) is 51.7 Å². The molecule has 0 amide bonds. The van der Waals surface area contributed by atoms with Gasteiger partial charge in [-0.1, -0.05) is 35.0 Å². The number of hydrogen-bond donors (Lipinski definition) is 0. The highest BCUT2D eigenvalue weighted by atomic mass is 35.5. The summed E-state index contributed by atoms with van der Waals surface area (Å²) in [5, 5.41) is 9.65. The summed E-state index contributed by atoms with van der Waals surface area (Å²) >= 11 is 9.43. The Morgan fingerprint density at radius 3 is 2.78 bits per heavy atom. The summed E-state index contributed by atoms with van der Waals surface area (Å²) in [4.78, 5) is 10.2. The van der Waals surface area contributed by atoms with Crippen LogP contribution in [0.1, 0.15) is 10.9 Å². The van der Waals surface area contributed by atoms with Crippen LogP contribution in [0.3, 0.4) is 0 Å². The number of benzene rings is 1. The molecule has 4 rings (SSSR count). The summed E-state index contributed by atoms with van der Waals surface area (Å²) in [5.41, 5.74) is 1.76. The zero-order valence-electron chi connectivity index (χ0n) is 11.8. The van der Waals surface area contributed by atoms with Crippen LogP contribution < -0.4 is 0 Å². The Balaban J connectivity index is 1.55. The summed E-state index contributed by atoms with van der Waals surface area (Å²) < 4.78 is 5.33. The smallest absolute Gasteiger partial charge is 0.233 e. The van der Waals surface area contributed by atoms with Crippen molar-refractivity contribution in [1.29, 1.82) is 0 Å². The van der Waals surface area contributed by atoms with Crippen LogP contribution in [0.5, 0.6) is 0 Å². The molecule has 0 unspecified atom stereocenters. The van der Waals surface area contributed by atoms with Crippen LogP contribution in [0.4, 0.5) is 0 Å². The van der Waals surface area contributed by atoms with Crippen molar-refractivity contribution in [3.8, 4) is 22.0 Å². The molecule has 114 valence electrons. The van der Waals surface area contributed by atoms with Gasteiger partial charge in [0.2, 0.25) is 11.7 Å². The predicted octanol–water partition coefficient (Wildman–Crippen LogP) is 5.17. The molecule has 1 aromatic carbocycles. The number of nitrogens with zero attached hydrogens (tertiary/aromatic N) is 3. The lowest BCUT2D eigenvalue weighted by molar-refractivity contribution is 0.385. The van der Waals surface area contributed by atoms with Gasteiger partial charge in [0, 0.05) is 10.9 Å². The van der Waals surface area contributed by atoms with Crippen LogP contribution in [0.2, 0.25) is 5.02 Å². The third-order valence-corrected chi connectivity index (χ3v) is 5.28.